The Morgan fingerprint density at radius 1 is 1.12 bits per heavy atom. The van der Waals surface area contributed by atoms with E-state index in [-0.39, 0.29) is 17.7 Å². The van der Waals surface area contributed by atoms with E-state index in [4.69, 9.17) is 0 Å². The summed E-state index contributed by atoms with van der Waals surface area (Å²) in [6.07, 6.45) is 6.58. The molecule has 0 bridgehead atoms. The van der Waals surface area contributed by atoms with Crippen molar-refractivity contribution in [2.75, 3.05) is 37.6 Å². The minimum absolute atomic E-state index is 0.0174. The second-order valence-corrected chi connectivity index (χ2v) is 7.64. The quantitative estimate of drug-likeness (QED) is 0.797. The van der Waals surface area contributed by atoms with Crippen LogP contribution in [0.25, 0.3) is 0 Å². The molecule has 0 aliphatic carbocycles. The highest BCUT2D eigenvalue weighted by molar-refractivity contribution is 6.00. The maximum Gasteiger partial charge on any atom is 0.227 e. The summed E-state index contributed by atoms with van der Waals surface area (Å²) in [5, 5.41) is 3.04. The van der Waals surface area contributed by atoms with E-state index in [1.165, 1.54) is 44.3 Å². The number of anilines is 1. The van der Waals surface area contributed by atoms with Crippen LogP contribution in [-0.2, 0) is 9.59 Å². The molecule has 0 aromatic heterocycles. The van der Waals surface area contributed by atoms with Crippen molar-refractivity contribution < 1.29 is 9.59 Å². The van der Waals surface area contributed by atoms with E-state index >= 15 is 0 Å². The van der Waals surface area contributed by atoms with Crippen molar-refractivity contribution in [3.05, 3.63) is 29.8 Å². The van der Waals surface area contributed by atoms with Gasteiger partial charge in [0.1, 0.15) is 0 Å². The van der Waals surface area contributed by atoms with Crippen molar-refractivity contribution in [3.63, 3.8) is 0 Å². The number of carbonyl (C=O) groups excluding carboxylic acids is 2. The zero-order chi connectivity index (χ0) is 18.4. The fourth-order valence-corrected chi connectivity index (χ4v) is 3.88. The molecule has 5 heteroatoms. The van der Waals surface area contributed by atoms with E-state index < -0.39 is 0 Å². The summed E-state index contributed by atoms with van der Waals surface area (Å²) >= 11 is 0. The van der Waals surface area contributed by atoms with Crippen LogP contribution >= 0.6 is 0 Å². The van der Waals surface area contributed by atoms with Gasteiger partial charge in [0.25, 0.3) is 0 Å². The fourth-order valence-electron chi connectivity index (χ4n) is 3.88. The first-order chi connectivity index (χ1) is 12.6. The highest BCUT2D eigenvalue weighted by Gasteiger charge is 2.34. The third kappa shape index (κ3) is 5.07. The second-order valence-electron chi connectivity index (χ2n) is 7.64. The molecule has 1 atom stereocenters. The Hall–Kier alpha value is -1.88. The predicted octanol–water partition coefficient (Wildman–Crippen LogP) is 2.73. The number of likely N-dealkylation sites (tertiary alicyclic amines) is 1. The molecule has 1 N–H and O–H groups in total. The van der Waals surface area contributed by atoms with Crippen molar-refractivity contribution in [2.45, 2.75) is 45.4 Å². The topological polar surface area (TPSA) is 52.7 Å². The van der Waals surface area contributed by atoms with E-state index in [1.807, 2.05) is 31.2 Å². The molecule has 5 nitrogen and oxygen atoms in total. The zero-order valence-corrected chi connectivity index (χ0v) is 15.9. The molecule has 3 rings (SSSR count). The Morgan fingerprint density at radius 3 is 2.50 bits per heavy atom. The highest BCUT2D eigenvalue weighted by atomic mass is 16.2. The lowest BCUT2D eigenvalue weighted by Gasteiger charge is -2.20. The van der Waals surface area contributed by atoms with Gasteiger partial charge in [-0.15, -0.1) is 0 Å². The Labute approximate surface area is 156 Å². The number of nitrogens with zero attached hydrogens (tertiary/aromatic N) is 2. The van der Waals surface area contributed by atoms with Crippen molar-refractivity contribution >= 4 is 17.5 Å². The minimum Gasteiger partial charge on any atom is -0.356 e. The first-order valence-corrected chi connectivity index (χ1v) is 10.0. The van der Waals surface area contributed by atoms with Crippen molar-refractivity contribution in [2.24, 2.45) is 5.92 Å². The number of carbonyl (C=O) groups is 2. The summed E-state index contributed by atoms with van der Waals surface area (Å²) in [5.74, 6) is -0.176. The van der Waals surface area contributed by atoms with Crippen LogP contribution in [-0.4, -0.2) is 49.4 Å². The van der Waals surface area contributed by atoms with Crippen LogP contribution < -0.4 is 10.2 Å². The average molecular weight is 357 g/mol. The smallest absolute Gasteiger partial charge is 0.227 e. The minimum atomic E-state index is -0.234. The van der Waals surface area contributed by atoms with Gasteiger partial charge in [-0.3, -0.25) is 9.59 Å². The predicted molar refractivity (Wildman–Crippen MR) is 104 cm³/mol. The molecule has 1 aromatic carbocycles. The summed E-state index contributed by atoms with van der Waals surface area (Å²) in [7, 11) is 0. The molecule has 1 unspecified atom stereocenters. The van der Waals surface area contributed by atoms with E-state index in [0.717, 1.165) is 18.7 Å². The molecular formula is C21H31N3O2. The Balaban J connectivity index is 1.41. The molecule has 2 fully saturated rings. The van der Waals surface area contributed by atoms with E-state index in [2.05, 4.69) is 10.2 Å². The number of aryl methyl sites for hydroxylation is 1. The largest absolute Gasteiger partial charge is 0.356 e. The monoisotopic (exact) mass is 357 g/mol. The molecule has 2 heterocycles. The van der Waals surface area contributed by atoms with Crippen molar-refractivity contribution in [1.29, 1.82) is 0 Å². The van der Waals surface area contributed by atoms with E-state index in [9.17, 15) is 9.59 Å². The van der Waals surface area contributed by atoms with Crippen molar-refractivity contribution in [1.82, 2.24) is 10.2 Å². The van der Waals surface area contributed by atoms with Crippen LogP contribution in [0.3, 0.4) is 0 Å². The van der Waals surface area contributed by atoms with Crippen molar-refractivity contribution in [3.8, 4) is 0 Å². The maximum atomic E-state index is 12.4. The lowest BCUT2D eigenvalue weighted by Crippen LogP contribution is -2.35. The summed E-state index contributed by atoms with van der Waals surface area (Å²) in [6.45, 7) is 6.65. The second kappa shape index (κ2) is 9.17. The van der Waals surface area contributed by atoms with Gasteiger partial charge >= 0.3 is 0 Å². The number of nitrogens with one attached hydrogen (secondary N) is 1. The number of rotatable bonds is 6. The van der Waals surface area contributed by atoms with E-state index in [0.29, 0.717) is 19.5 Å². The maximum absolute atomic E-state index is 12.4. The van der Waals surface area contributed by atoms with Crippen LogP contribution in [0.15, 0.2) is 24.3 Å². The highest BCUT2D eigenvalue weighted by Crippen LogP contribution is 2.25. The third-order valence-electron chi connectivity index (χ3n) is 5.49. The molecule has 0 saturated carbocycles. The van der Waals surface area contributed by atoms with Gasteiger partial charge in [0.05, 0.1) is 5.92 Å². The lowest BCUT2D eigenvalue weighted by molar-refractivity contribution is -0.126. The Kier molecular flexibility index (Phi) is 6.67. The molecule has 2 aliphatic heterocycles. The lowest BCUT2D eigenvalue weighted by atomic mass is 10.1. The normalized spacial score (nSPS) is 21.7. The first kappa shape index (κ1) is 18.9. The van der Waals surface area contributed by atoms with E-state index in [1.54, 1.807) is 4.90 Å². The summed E-state index contributed by atoms with van der Waals surface area (Å²) in [5.41, 5.74) is 2.05. The summed E-state index contributed by atoms with van der Waals surface area (Å²) < 4.78 is 0. The van der Waals surface area contributed by atoms with Crippen LogP contribution in [0.4, 0.5) is 5.69 Å². The van der Waals surface area contributed by atoms with Gasteiger partial charge < -0.3 is 15.1 Å². The van der Waals surface area contributed by atoms with Gasteiger partial charge in [0.15, 0.2) is 0 Å². The van der Waals surface area contributed by atoms with Gasteiger partial charge in [-0.2, -0.15) is 0 Å². The first-order valence-electron chi connectivity index (χ1n) is 10.0. The SMILES string of the molecule is Cc1ccc(N2CC(C(=O)NCCCN3CCCCCC3)CC2=O)cc1. The number of hydrogen-bond donors (Lipinski definition) is 1. The number of amides is 2. The molecular weight excluding hydrogens is 326 g/mol. The van der Waals surface area contributed by atoms with Crippen LogP contribution in [0, 0.1) is 12.8 Å². The average Bonchev–Trinajstić information content (AvgIpc) is 2.85. The van der Waals surface area contributed by atoms with Crippen LogP contribution in [0.1, 0.15) is 44.1 Å². The number of benzene rings is 1. The van der Waals surface area contributed by atoms with Gasteiger partial charge in [-0.25, -0.2) is 0 Å². The summed E-state index contributed by atoms with van der Waals surface area (Å²) in [6, 6.07) is 7.90. The van der Waals surface area contributed by atoms with Crippen LogP contribution in [0.2, 0.25) is 0 Å². The molecule has 2 amide bonds. The molecule has 26 heavy (non-hydrogen) atoms. The molecule has 2 aliphatic rings. The Morgan fingerprint density at radius 2 is 1.81 bits per heavy atom. The number of hydrogen-bond acceptors (Lipinski definition) is 3. The van der Waals surface area contributed by atoms with Gasteiger partial charge in [0.2, 0.25) is 11.8 Å². The molecule has 0 radical (unpaired) electrons. The van der Waals surface area contributed by atoms with Crippen LogP contribution in [0.5, 0.6) is 0 Å². The molecule has 142 valence electrons. The fraction of sp³-hybridized carbons (Fsp3) is 0.619. The third-order valence-corrected chi connectivity index (χ3v) is 5.49. The standard InChI is InChI=1S/C21H31N3O2/c1-17-7-9-19(10-8-17)24-16-18(15-20(24)25)21(26)22-11-6-14-23-12-4-2-3-5-13-23/h7-10,18H,2-6,11-16H2,1H3,(H,22,26). The van der Waals surface area contributed by atoms with Gasteiger partial charge in [-0.1, -0.05) is 30.5 Å². The summed E-state index contributed by atoms with van der Waals surface area (Å²) in [4.78, 5) is 29.0. The van der Waals surface area contributed by atoms with Gasteiger partial charge in [0, 0.05) is 25.2 Å². The van der Waals surface area contributed by atoms with Gasteiger partial charge in [-0.05, 0) is 58.0 Å². The molecule has 1 aromatic rings. The molecule has 0 spiro atoms. The Bertz CT molecular complexity index is 606. The zero-order valence-electron chi connectivity index (χ0n) is 15.9. The molecule has 2 saturated heterocycles.